The van der Waals surface area contributed by atoms with Crippen LogP contribution in [0.15, 0.2) is 59.1 Å². The summed E-state index contributed by atoms with van der Waals surface area (Å²) in [7, 11) is 0. The summed E-state index contributed by atoms with van der Waals surface area (Å²) in [6.45, 7) is 0. The molecule has 1 N–H and O–H groups in total. The number of nitriles is 1. The molecule has 6 heteroatoms. The van der Waals surface area contributed by atoms with Crippen molar-refractivity contribution >= 4 is 23.2 Å². The lowest BCUT2D eigenvalue weighted by Gasteiger charge is -2.04. The van der Waals surface area contributed by atoms with Crippen LogP contribution in [-0.2, 0) is 11.2 Å². The Hall–Kier alpha value is -3.10. The van der Waals surface area contributed by atoms with Gasteiger partial charge in [0.05, 0.1) is 17.8 Å². The van der Waals surface area contributed by atoms with Gasteiger partial charge in [-0.25, -0.2) is 4.98 Å². The molecule has 1 amide bonds. The zero-order valence-electron chi connectivity index (χ0n) is 13.2. The lowest BCUT2D eigenvalue weighted by atomic mass is 10.2. The standard InChI is InChI=1S/C19H14ClN3O2/c20-15-5-3-14(4-6-15)17-12-22-19(25-17)10-9-18(24)23-16-7-1-13(11-21)2-8-16/h1-8,12H,9-10H2,(H,23,24). The van der Waals surface area contributed by atoms with Gasteiger partial charge in [0.25, 0.3) is 0 Å². The summed E-state index contributed by atoms with van der Waals surface area (Å²) in [5.41, 5.74) is 2.08. The fourth-order valence-corrected chi connectivity index (χ4v) is 2.37. The van der Waals surface area contributed by atoms with E-state index in [0.29, 0.717) is 34.3 Å². The van der Waals surface area contributed by atoms with E-state index in [1.807, 2.05) is 18.2 Å². The molecule has 0 radical (unpaired) electrons. The number of oxazole rings is 1. The Morgan fingerprint density at radius 2 is 1.88 bits per heavy atom. The molecule has 0 aliphatic carbocycles. The van der Waals surface area contributed by atoms with Gasteiger partial charge in [0, 0.05) is 29.1 Å². The van der Waals surface area contributed by atoms with Gasteiger partial charge < -0.3 is 9.73 Å². The van der Waals surface area contributed by atoms with Gasteiger partial charge in [-0.2, -0.15) is 5.26 Å². The highest BCUT2D eigenvalue weighted by atomic mass is 35.5. The van der Waals surface area contributed by atoms with Crippen LogP contribution in [-0.4, -0.2) is 10.9 Å². The third-order valence-electron chi connectivity index (χ3n) is 3.55. The van der Waals surface area contributed by atoms with Crippen LogP contribution in [0.5, 0.6) is 0 Å². The summed E-state index contributed by atoms with van der Waals surface area (Å²) in [5.74, 6) is 0.995. The lowest BCUT2D eigenvalue weighted by Crippen LogP contribution is -2.12. The van der Waals surface area contributed by atoms with Crippen LogP contribution in [0.3, 0.4) is 0 Å². The van der Waals surface area contributed by atoms with E-state index in [1.165, 1.54) is 0 Å². The highest BCUT2D eigenvalue weighted by Crippen LogP contribution is 2.22. The second kappa shape index (κ2) is 7.65. The molecule has 1 aromatic heterocycles. The Balaban J connectivity index is 1.55. The third kappa shape index (κ3) is 4.46. The predicted octanol–water partition coefficient (Wildman–Crippen LogP) is 4.44. The molecule has 2 aromatic carbocycles. The van der Waals surface area contributed by atoms with E-state index < -0.39 is 0 Å². The summed E-state index contributed by atoms with van der Waals surface area (Å²) in [6.07, 6.45) is 2.29. The molecule has 124 valence electrons. The molecule has 0 saturated carbocycles. The van der Waals surface area contributed by atoms with Gasteiger partial charge in [0.1, 0.15) is 0 Å². The van der Waals surface area contributed by atoms with Gasteiger partial charge in [0.2, 0.25) is 5.91 Å². The molecule has 0 bridgehead atoms. The number of aromatic nitrogens is 1. The smallest absolute Gasteiger partial charge is 0.224 e. The number of halogens is 1. The molecule has 0 unspecified atom stereocenters. The van der Waals surface area contributed by atoms with Gasteiger partial charge in [-0.15, -0.1) is 0 Å². The molecule has 0 saturated heterocycles. The van der Waals surface area contributed by atoms with Crippen molar-refractivity contribution in [1.29, 1.82) is 5.26 Å². The molecule has 3 aromatic rings. The number of nitrogens with zero attached hydrogens (tertiary/aromatic N) is 2. The Bertz CT molecular complexity index is 909. The van der Waals surface area contributed by atoms with Crippen molar-refractivity contribution in [3.8, 4) is 17.4 Å². The first kappa shape index (κ1) is 16.7. The van der Waals surface area contributed by atoms with Crippen LogP contribution >= 0.6 is 11.6 Å². The molecule has 0 aliphatic rings. The van der Waals surface area contributed by atoms with Crippen LogP contribution in [0.1, 0.15) is 17.9 Å². The maximum absolute atomic E-state index is 12.0. The maximum Gasteiger partial charge on any atom is 0.224 e. The molecule has 1 heterocycles. The number of carbonyl (C=O) groups excluding carboxylic acids is 1. The van der Waals surface area contributed by atoms with Crippen molar-refractivity contribution in [1.82, 2.24) is 4.98 Å². The number of amides is 1. The summed E-state index contributed by atoms with van der Waals surface area (Å²) >= 11 is 5.87. The van der Waals surface area contributed by atoms with Crippen LogP contribution in [0.2, 0.25) is 5.02 Å². The number of nitrogens with one attached hydrogen (secondary N) is 1. The summed E-state index contributed by atoms with van der Waals surface area (Å²) in [4.78, 5) is 16.2. The summed E-state index contributed by atoms with van der Waals surface area (Å²) in [6, 6.07) is 16.0. The van der Waals surface area contributed by atoms with E-state index in [4.69, 9.17) is 21.3 Å². The second-order valence-electron chi connectivity index (χ2n) is 5.36. The van der Waals surface area contributed by atoms with Crippen molar-refractivity contribution in [2.45, 2.75) is 12.8 Å². The summed E-state index contributed by atoms with van der Waals surface area (Å²) in [5, 5.41) is 12.2. The molecule has 0 atom stereocenters. The number of aryl methyl sites for hydroxylation is 1. The first-order chi connectivity index (χ1) is 12.1. The number of hydrogen-bond donors (Lipinski definition) is 1. The minimum absolute atomic E-state index is 0.143. The van der Waals surface area contributed by atoms with Crippen molar-refractivity contribution in [3.63, 3.8) is 0 Å². The normalized spacial score (nSPS) is 10.2. The highest BCUT2D eigenvalue weighted by molar-refractivity contribution is 6.30. The van der Waals surface area contributed by atoms with Crippen molar-refractivity contribution < 1.29 is 9.21 Å². The Morgan fingerprint density at radius 3 is 2.56 bits per heavy atom. The van der Waals surface area contributed by atoms with Gasteiger partial charge in [0.15, 0.2) is 11.7 Å². The van der Waals surface area contributed by atoms with Gasteiger partial charge >= 0.3 is 0 Å². The number of anilines is 1. The van der Waals surface area contributed by atoms with E-state index in [1.54, 1.807) is 42.6 Å². The molecule has 3 rings (SSSR count). The van der Waals surface area contributed by atoms with Crippen LogP contribution in [0.4, 0.5) is 5.69 Å². The van der Waals surface area contributed by atoms with Gasteiger partial charge in [-0.05, 0) is 48.5 Å². The lowest BCUT2D eigenvalue weighted by molar-refractivity contribution is -0.116. The second-order valence-corrected chi connectivity index (χ2v) is 5.80. The van der Waals surface area contributed by atoms with Crippen molar-refractivity contribution in [2.75, 3.05) is 5.32 Å². The molecule has 0 fully saturated rings. The monoisotopic (exact) mass is 351 g/mol. The summed E-state index contributed by atoms with van der Waals surface area (Å²) < 4.78 is 5.67. The average molecular weight is 352 g/mol. The molecular weight excluding hydrogens is 338 g/mol. The molecular formula is C19H14ClN3O2. The van der Waals surface area contributed by atoms with Gasteiger partial charge in [-0.3, -0.25) is 4.79 Å². The van der Waals surface area contributed by atoms with E-state index in [-0.39, 0.29) is 12.3 Å². The first-order valence-corrected chi connectivity index (χ1v) is 8.02. The molecule has 5 nitrogen and oxygen atoms in total. The Morgan fingerprint density at radius 1 is 1.16 bits per heavy atom. The van der Waals surface area contributed by atoms with Crippen molar-refractivity contribution in [3.05, 3.63) is 71.2 Å². The maximum atomic E-state index is 12.0. The molecule has 0 aliphatic heterocycles. The minimum atomic E-state index is -0.143. The van der Waals surface area contributed by atoms with E-state index in [0.717, 1.165) is 5.56 Å². The Kier molecular flexibility index (Phi) is 5.12. The molecule has 0 spiro atoms. The quantitative estimate of drug-likeness (QED) is 0.737. The van der Waals surface area contributed by atoms with Crippen LogP contribution in [0.25, 0.3) is 11.3 Å². The fourth-order valence-electron chi connectivity index (χ4n) is 2.25. The number of carbonyl (C=O) groups is 1. The predicted molar refractivity (Wildman–Crippen MR) is 95.1 cm³/mol. The fraction of sp³-hybridized carbons (Fsp3) is 0.105. The topological polar surface area (TPSA) is 78.9 Å². The first-order valence-electron chi connectivity index (χ1n) is 7.65. The third-order valence-corrected chi connectivity index (χ3v) is 3.80. The zero-order chi connectivity index (χ0) is 17.6. The Labute approximate surface area is 149 Å². The van der Waals surface area contributed by atoms with Crippen LogP contribution < -0.4 is 5.32 Å². The zero-order valence-corrected chi connectivity index (χ0v) is 14.0. The number of hydrogen-bond acceptors (Lipinski definition) is 4. The van der Waals surface area contributed by atoms with Gasteiger partial charge in [-0.1, -0.05) is 11.6 Å². The van der Waals surface area contributed by atoms with E-state index in [9.17, 15) is 4.79 Å². The van der Waals surface area contributed by atoms with Crippen LogP contribution in [0, 0.1) is 11.3 Å². The number of rotatable bonds is 5. The largest absolute Gasteiger partial charge is 0.441 e. The van der Waals surface area contributed by atoms with E-state index in [2.05, 4.69) is 10.3 Å². The van der Waals surface area contributed by atoms with Crippen molar-refractivity contribution in [2.24, 2.45) is 0 Å². The average Bonchev–Trinajstić information content (AvgIpc) is 3.10. The highest BCUT2D eigenvalue weighted by Gasteiger charge is 2.09. The minimum Gasteiger partial charge on any atom is -0.441 e. The van der Waals surface area contributed by atoms with E-state index >= 15 is 0 Å². The number of benzene rings is 2. The molecule has 25 heavy (non-hydrogen) atoms. The SMILES string of the molecule is N#Cc1ccc(NC(=O)CCc2ncc(-c3ccc(Cl)cc3)o2)cc1.